The van der Waals surface area contributed by atoms with E-state index in [9.17, 15) is 24.0 Å². The molecule has 12 nitrogen and oxygen atoms in total. The van der Waals surface area contributed by atoms with Crippen LogP contribution < -0.4 is 21.7 Å². The van der Waals surface area contributed by atoms with E-state index in [2.05, 4.69) is 16.0 Å². The molecule has 4 rings (SSSR count). The molecule has 0 radical (unpaired) electrons. The Bertz CT molecular complexity index is 1320. The van der Waals surface area contributed by atoms with Crippen molar-refractivity contribution in [2.24, 2.45) is 23.5 Å². The van der Waals surface area contributed by atoms with E-state index < -0.39 is 41.9 Å². The molecule has 2 fully saturated rings. The molecule has 2 aliphatic carbocycles. The molecule has 0 bridgehead atoms. The lowest BCUT2D eigenvalue weighted by molar-refractivity contribution is -0.143. The average Bonchev–Trinajstić information content (AvgIpc) is 3.07. The van der Waals surface area contributed by atoms with E-state index in [1.54, 1.807) is 0 Å². The van der Waals surface area contributed by atoms with Crippen molar-refractivity contribution in [3.63, 3.8) is 0 Å². The smallest absolute Gasteiger partial charge is 0.407 e. The number of ether oxygens (including phenoxy) is 2. The minimum atomic E-state index is -0.849. The molecule has 2 aliphatic rings. The molecule has 2 saturated carbocycles. The van der Waals surface area contributed by atoms with E-state index in [-0.39, 0.29) is 37.1 Å². The van der Waals surface area contributed by atoms with Crippen molar-refractivity contribution >= 4 is 30.0 Å². The van der Waals surface area contributed by atoms with Crippen LogP contribution >= 0.6 is 0 Å². The van der Waals surface area contributed by atoms with Crippen LogP contribution in [0.1, 0.15) is 82.8 Å². The molecule has 5 atom stereocenters. The van der Waals surface area contributed by atoms with Crippen LogP contribution in [0.4, 0.5) is 9.59 Å². The third-order valence-electron chi connectivity index (χ3n) is 8.58. The fraction of sp³-hybridized carbons (Fsp3) is 0.528. The highest BCUT2D eigenvalue weighted by atomic mass is 16.6. The van der Waals surface area contributed by atoms with Crippen LogP contribution in [-0.2, 0) is 37.1 Å². The lowest BCUT2D eigenvalue weighted by Gasteiger charge is -2.32. The van der Waals surface area contributed by atoms with Gasteiger partial charge < -0.3 is 36.3 Å². The maximum atomic E-state index is 12.8. The summed E-state index contributed by atoms with van der Waals surface area (Å²) in [4.78, 5) is 59.5. The third kappa shape index (κ3) is 13.2. The fourth-order valence-corrected chi connectivity index (χ4v) is 6.05. The van der Waals surface area contributed by atoms with Gasteiger partial charge >= 0.3 is 18.2 Å². The van der Waals surface area contributed by atoms with Gasteiger partial charge in [0.25, 0.3) is 0 Å². The Morgan fingerprint density at radius 1 is 0.729 bits per heavy atom. The maximum absolute atomic E-state index is 12.8. The summed E-state index contributed by atoms with van der Waals surface area (Å²) in [5.74, 6) is -2.30. The number of carbonyl (C=O) groups is 5. The molecule has 6 N–H and O–H groups in total. The van der Waals surface area contributed by atoms with Crippen LogP contribution in [0.5, 0.6) is 0 Å². The Kier molecular flexibility index (Phi) is 15.7. The van der Waals surface area contributed by atoms with Gasteiger partial charge in [-0.25, -0.2) is 9.59 Å². The van der Waals surface area contributed by atoms with Crippen LogP contribution in [0.2, 0.25) is 0 Å². The number of hydrogen-bond donors (Lipinski definition) is 5. The number of nitrogens with two attached hydrogens (primary N) is 1. The summed E-state index contributed by atoms with van der Waals surface area (Å²) in [7, 11) is 0. The molecule has 262 valence electrons. The normalized spacial score (nSPS) is 21.0. The second-order valence-electron chi connectivity index (χ2n) is 12.8. The topological polar surface area (TPSA) is 186 Å². The van der Waals surface area contributed by atoms with E-state index in [0.717, 1.165) is 36.8 Å². The first-order valence-corrected chi connectivity index (χ1v) is 16.8. The Morgan fingerprint density at radius 3 is 1.60 bits per heavy atom. The minimum absolute atomic E-state index is 0.175. The summed E-state index contributed by atoms with van der Waals surface area (Å²) >= 11 is 0. The van der Waals surface area contributed by atoms with Gasteiger partial charge in [0.2, 0.25) is 11.8 Å². The lowest BCUT2D eigenvalue weighted by Crippen LogP contribution is -2.53. The molecule has 2 aromatic rings. The summed E-state index contributed by atoms with van der Waals surface area (Å²) in [6.45, 7) is 4.30. The van der Waals surface area contributed by atoms with Crippen LogP contribution in [0.3, 0.4) is 0 Å². The largest absolute Gasteiger partial charge is 0.481 e. The van der Waals surface area contributed by atoms with Gasteiger partial charge in [-0.1, -0.05) is 100 Å². The van der Waals surface area contributed by atoms with E-state index >= 15 is 0 Å². The van der Waals surface area contributed by atoms with Crippen molar-refractivity contribution in [1.29, 1.82) is 0 Å². The first-order valence-electron chi connectivity index (χ1n) is 16.8. The summed E-state index contributed by atoms with van der Waals surface area (Å²) in [6.07, 6.45) is 5.73. The first kappa shape index (κ1) is 37.8. The first-order chi connectivity index (χ1) is 23.0. The zero-order valence-electron chi connectivity index (χ0n) is 27.9. The van der Waals surface area contributed by atoms with Crippen LogP contribution in [0.15, 0.2) is 60.7 Å². The van der Waals surface area contributed by atoms with E-state index in [1.807, 2.05) is 74.5 Å². The van der Waals surface area contributed by atoms with Crippen LogP contribution in [0, 0.1) is 17.8 Å². The van der Waals surface area contributed by atoms with Crippen molar-refractivity contribution in [2.75, 3.05) is 0 Å². The highest BCUT2D eigenvalue weighted by molar-refractivity contribution is 5.88. The number of hydrogen-bond acceptors (Lipinski definition) is 7. The zero-order chi connectivity index (χ0) is 34.9. The Hall–Kier alpha value is -4.61. The highest BCUT2D eigenvalue weighted by Gasteiger charge is 2.34. The van der Waals surface area contributed by atoms with Gasteiger partial charge in [-0.15, -0.1) is 0 Å². The molecule has 48 heavy (non-hydrogen) atoms. The molecule has 0 unspecified atom stereocenters. The third-order valence-corrected chi connectivity index (χ3v) is 8.58. The Labute approximate surface area is 282 Å². The molecular formula is C36H50N4O8. The van der Waals surface area contributed by atoms with Crippen molar-refractivity contribution in [3.8, 4) is 0 Å². The summed E-state index contributed by atoms with van der Waals surface area (Å²) in [6, 6.07) is 17.4. The minimum Gasteiger partial charge on any atom is -0.481 e. The molecule has 0 spiro atoms. The molecule has 2 aromatic carbocycles. The number of carboxylic acids is 1. The van der Waals surface area contributed by atoms with Gasteiger partial charge in [0.05, 0.1) is 11.8 Å². The Morgan fingerprint density at radius 2 is 1.17 bits per heavy atom. The molecule has 4 amide bonds. The van der Waals surface area contributed by atoms with Crippen molar-refractivity contribution in [3.05, 3.63) is 71.8 Å². The number of benzene rings is 2. The Balaban J connectivity index is 0.000000275. The number of carbonyl (C=O) groups excluding carboxylic acids is 4. The van der Waals surface area contributed by atoms with Gasteiger partial charge in [-0.3, -0.25) is 14.4 Å². The standard InChI is InChI=1S/C21H31N3O4.C15H19NO4/c1-14(2)12-18(19(22)25)23-20(26)16-10-6-7-11-17(16)24-21(27)28-13-15-8-4-3-5-9-15;17-14(18)12-8-4-5-9-13(12)16-15(19)20-10-11-6-2-1-3-7-11/h3-5,8-9,14,16-18H,6-7,10-13H2,1-2H3,(H2,22,25)(H,23,26)(H,24,27);1-3,6-7,12-13H,4-5,8-10H2,(H,16,19)(H,17,18)/t16-,17+,18+;12-,13+/m11/s1. The number of primary amides is 1. The highest BCUT2D eigenvalue weighted by Crippen LogP contribution is 2.26. The predicted molar refractivity (Wildman–Crippen MR) is 179 cm³/mol. The van der Waals surface area contributed by atoms with Gasteiger partial charge in [0, 0.05) is 12.1 Å². The van der Waals surface area contributed by atoms with Gasteiger partial charge in [-0.2, -0.15) is 0 Å². The quantitative estimate of drug-likeness (QED) is 0.208. The number of nitrogens with one attached hydrogen (secondary N) is 3. The van der Waals surface area contributed by atoms with Crippen molar-refractivity contribution in [2.45, 2.75) is 103 Å². The maximum Gasteiger partial charge on any atom is 0.407 e. The molecule has 0 aromatic heterocycles. The van der Waals surface area contributed by atoms with Gasteiger partial charge in [0.15, 0.2) is 0 Å². The molecular weight excluding hydrogens is 616 g/mol. The monoisotopic (exact) mass is 666 g/mol. The van der Waals surface area contributed by atoms with E-state index in [0.29, 0.717) is 32.1 Å². The number of carboxylic acid groups (broad SMARTS) is 1. The SMILES string of the molecule is CC(C)C[C@H](NC(=O)[C@@H]1CCCC[C@@H]1NC(=O)OCc1ccccc1)C(N)=O.O=C(N[C@H]1CCCC[C@H]1C(=O)O)OCc1ccccc1. The summed E-state index contributed by atoms with van der Waals surface area (Å²) in [5, 5.41) is 17.4. The average molecular weight is 667 g/mol. The second kappa shape index (κ2) is 19.9. The fourth-order valence-electron chi connectivity index (χ4n) is 6.05. The second-order valence-corrected chi connectivity index (χ2v) is 12.8. The number of amides is 4. The van der Waals surface area contributed by atoms with Crippen LogP contribution in [0.25, 0.3) is 0 Å². The predicted octanol–water partition coefficient (Wildman–Crippen LogP) is 5.04. The summed E-state index contributed by atoms with van der Waals surface area (Å²) < 4.78 is 10.4. The van der Waals surface area contributed by atoms with Gasteiger partial charge in [0.1, 0.15) is 19.3 Å². The van der Waals surface area contributed by atoms with Crippen LogP contribution in [-0.4, -0.2) is 53.2 Å². The van der Waals surface area contributed by atoms with Gasteiger partial charge in [-0.05, 0) is 49.1 Å². The molecule has 0 aliphatic heterocycles. The summed E-state index contributed by atoms with van der Waals surface area (Å²) in [5.41, 5.74) is 7.23. The zero-order valence-corrected chi connectivity index (χ0v) is 27.9. The lowest BCUT2D eigenvalue weighted by atomic mass is 9.83. The van der Waals surface area contributed by atoms with Crippen molar-refractivity contribution in [1.82, 2.24) is 16.0 Å². The molecule has 12 heteroatoms. The van der Waals surface area contributed by atoms with E-state index in [1.165, 1.54) is 0 Å². The molecule has 0 saturated heterocycles. The molecule has 0 heterocycles. The van der Waals surface area contributed by atoms with Crippen molar-refractivity contribution < 1.29 is 38.6 Å². The number of rotatable bonds is 12. The number of aliphatic carboxylic acids is 1. The van der Waals surface area contributed by atoms with E-state index in [4.69, 9.17) is 20.3 Å². The number of alkyl carbamates (subject to hydrolysis) is 2.